The molecule has 160 valence electrons. The number of nitrogens with zero attached hydrogens (tertiary/aromatic N) is 3. The number of aryl methyl sites for hydroxylation is 2. The molecule has 8 heteroatoms. The molecule has 0 amide bonds. The standard InChI is InChI=1S/C22H26ClN3O2S2/c1-15-16(2)30-20-19(15)21(27)26(9-3-8-25-10-12-28-13-11-25)22(24-20)29-14-17-4-6-18(23)7-5-17/h4-7H,3,8-14H2,1-2H3. The van der Waals surface area contributed by atoms with Crippen molar-refractivity contribution in [3.63, 3.8) is 0 Å². The van der Waals surface area contributed by atoms with Crippen molar-refractivity contribution in [2.75, 3.05) is 32.8 Å². The van der Waals surface area contributed by atoms with Gasteiger partial charge in [-0.1, -0.05) is 35.5 Å². The summed E-state index contributed by atoms with van der Waals surface area (Å²) in [6, 6.07) is 7.84. The summed E-state index contributed by atoms with van der Waals surface area (Å²) in [6.45, 7) is 9.25. The van der Waals surface area contributed by atoms with Gasteiger partial charge >= 0.3 is 0 Å². The second-order valence-corrected chi connectivity index (χ2v) is 10.1. The Labute approximate surface area is 190 Å². The van der Waals surface area contributed by atoms with Crippen molar-refractivity contribution in [3.05, 3.63) is 55.6 Å². The van der Waals surface area contributed by atoms with Gasteiger partial charge in [-0.3, -0.25) is 14.3 Å². The van der Waals surface area contributed by atoms with E-state index in [1.807, 2.05) is 35.8 Å². The van der Waals surface area contributed by atoms with E-state index in [1.165, 1.54) is 0 Å². The highest BCUT2D eigenvalue weighted by molar-refractivity contribution is 7.98. The molecule has 3 aromatic rings. The van der Waals surface area contributed by atoms with Gasteiger partial charge in [-0.15, -0.1) is 11.3 Å². The van der Waals surface area contributed by atoms with Crippen molar-refractivity contribution in [2.45, 2.75) is 37.7 Å². The van der Waals surface area contributed by atoms with E-state index in [2.05, 4.69) is 11.8 Å². The van der Waals surface area contributed by atoms with E-state index in [4.69, 9.17) is 21.3 Å². The van der Waals surface area contributed by atoms with Crippen LogP contribution in [0.15, 0.2) is 34.2 Å². The number of benzene rings is 1. The molecule has 3 heterocycles. The summed E-state index contributed by atoms with van der Waals surface area (Å²) in [5.74, 6) is 0.752. The van der Waals surface area contributed by atoms with Crippen molar-refractivity contribution in [1.82, 2.24) is 14.5 Å². The Morgan fingerprint density at radius 2 is 1.90 bits per heavy atom. The quantitative estimate of drug-likeness (QED) is 0.374. The first kappa shape index (κ1) is 21.8. The number of halogens is 1. The van der Waals surface area contributed by atoms with Crippen LogP contribution in [0.2, 0.25) is 5.02 Å². The van der Waals surface area contributed by atoms with Gasteiger partial charge in [0.2, 0.25) is 0 Å². The van der Waals surface area contributed by atoms with E-state index >= 15 is 0 Å². The topological polar surface area (TPSA) is 47.4 Å². The summed E-state index contributed by atoms with van der Waals surface area (Å²) in [5.41, 5.74) is 2.31. The van der Waals surface area contributed by atoms with E-state index < -0.39 is 0 Å². The molecule has 1 fully saturated rings. The Hall–Kier alpha value is -1.38. The molecule has 1 aromatic carbocycles. The molecule has 30 heavy (non-hydrogen) atoms. The molecule has 5 nitrogen and oxygen atoms in total. The SMILES string of the molecule is Cc1sc2nc(SCc3ccc(Cl)cc3)n(CCCN3CCOCC3)c(=O)c2c1C. The molecule has 2 aromatic heterocycles. The maximum Gasteiger partial charge on any atom is 0.263 e. The first-order valence-corrected chi connectivity index (χ1v) is 12.4. The number of fused-ring (bicyclic) bond motifs is 1. The largest absolute Gasteiger partial charge is 0.379 e. The third-order valence-electron chi connectivity index (χ3n) is 5.49. The van der Waals surface area contributed by atoms with Crippen molar-refractivity contribution in [2.24, 2.45) is 0 Å². The summed E-state index contributed by atoms with van der Waals surface area (Å²) in [5, 5.41) is 2.30. The van der Waals surface area contributed by atoms with Crippen LogP contribution in [-0.2, 0) is 17.0 Å². The van der Waals surface area contributed by atoms with Crippen LogP contribution in [0.4, 0.5) is 0 Å². The number of thioether (sulfide) groups is 1. The Morgan fingerprint density at radius 1 is 1.17 bits per heavy atom. The molecule has 0 radical (unpaired) electrons. The average Bonchev–Trinajstić information content (AvgIpc) is 3.04. The molecule has 1 aliphatic heterocycles. The molecule has 0 N–H and O–H groups in total. The average molecular weight is 464 g/mol. The van der Waals surface area contributed by atoms with E-state index in [-0.39, 0.29) is 5.56 Å². The molecule has 0 saturated carbocycles. The van der Waals surface area contributed by atoms with Crippen LogP contribution in [-0.4, -0.2) is 47.3 Å². The third kappa shape index (κ3) is 4.92. The van der Waals surface area contributed by atoms with Crippen LogP contribution in [0, 0.1) is 13.8 Å². The summed E-state index contributed by atoms with van der Waals surface area (Å²) in [7, 11) is 0. The van der Waals surface area contributed by atoms with E-state index in [0.717, 1.165) is 81.4 Å². The predicted octanol–water partition coefficient (Wildman–Crippen LogP) is 4.74. The second kappa shape index (κ2) is 9.83. The Balaban J connectivity index is 1.58. The van der Waals surface area contributed by atoms with E-state index in [9.17, 15) is 4.79 Å². The summed E-state index contributed by atoms with van der Waals surface area (Å²) >= 11 is 9.23. The number of rotatable bonds is 7. The van der Waals surface area contributed by atoms with Gasteiger partial charge in [0.1, 0.15) is 4.83 Å². The number of thiophene rings is 1. The van der Waals surface area contributed by atoms with E-state index in [0.29, 0.717) is 6.54 Å². The fraction of sp³-hybridized carbons (Fsp3) is 0.455. The van der Waals surface area contributed by atoms with Gasteiger partial charge in [0.25, 0.3) is 5.56 Å². The van der Waals surface area contributed by atoms with Crippen molar-refractivity contribution >= 4 is 44.9 Å². The molecule has 4 rings (SSSR count). The first-order chi connectivity index (χ1) is 14.5. The van der Waals surface area contributed by atoms with Gasteiger partial charge in [0.15, 0.2) is 5.16 Å². The number of aromatic nitrogens is 2. The lowest BCUT2D eigenvalue weighted by atomic mass is 10.2. The van der Waals surface area contributed by atoms with Gasteiger partial charge in [-0.2, -0.15) is 0 Å². The van der Waals surface area contributed by atoms with Gasteiger partial charge in [0, 0.05) is 41.8 Å². The Morgan fingerprint density at radius 3 is 2.63 bits per heavy atom. The van der Waals surface area contributed by atoms with Crippen LogP contribution in [0.5, 0.6) is 0 Å². The zero-order valence-electron chi connectivity index (χ0n) is 17.3. The molecule has 0 spiro atoms. The first-order valence-electron chi connectivity index (χ1n) is 10.2. The highest BCUT2D eigenvalue weighted by Gasteiger charge is 2.17. The fourth-order valence-electron chi connectivity index (χ4n) is 3.62. The molecule has 1 aliphatic rings. The van der Waals surface area contributed by atoms with Gasteiger partial charge in [-0.25, -0.2) is 4.98 Å². The molecule has 1 saturated heterocycles. The summed E-state index contributed by atoms with van der Waals surface area (Å²) in [4.78, 5) is 22.7. The lowest BCUT2D eigenvalue weighted by Gasteiger charge is -2.26. The van der Waals surface area contributed by atoms with Crippen molar-refractivity contribution < 1.29 is 4.74 Å². The molecule has 0 aliphatic carbocycles. The lowest BCUT2D eigenvalue weighted by Crippen LogP contribution is -2.37. The minimum atomic E-state index is 0.0856. The van der Waals surface area contributed by atoms with Crippen LogP contribution >= 0.6 is 34.7 Å². The van der Waals surface area contributed by atoms with E-state index in [1.54, 1.807) is 23.1 Å². The number of hydrogen-bond donors (Lipinski definition) is 0. The molecular formula is C22H26ClN3O2S2. The van der Waals surface area contributed by atoms with Crippen molar-refractivity contribution in [1.29, 1.82) is 0 Å². The Kier molecular flexibility index (Phi) is 7.16. The molecule has 0 atom stereocenters. The van der Waals surface area contributed by atoms with Crippen LogP contribution in [0.3, 0.4) is 0 Å². The second-order valence-electron chi connectivity index (χ2n) is 7.54. The van der Waals surface area contributed by atoms with Gasteiger partial charge < -0.3 is 4.74 Å². The monoisotopic (exact) mass is 463 g/mol. The van der Waals surface area contributed by atoms with Crippen molar-refractivity contribution in [3.8, 4) is 0 Å². The zero-order valence-corrected chi connectivity index (χ0v) is 19.7. The number of ether oxygens (including phenoxy) is 1. The normalized spacial score (nSPS) is 15.2. The van der Waals surface area contributed by atoms with Gasteiger partial charge in [-0.05, 0) is 43.5 Å². The minimum absolute atomic E-state index is 0.0856. The summed E-state index contributed by atoms with van der Waals surface area (Å²) < 4.78 is 7.31. The molecule has 0 bridgehead atoms. The van der Waals surface area contributed by atoms with Crippen LogP contribution in [0.1, 0.15) is 22.4 Å². The number of morpholine rings is 1. The lowest BCUT2D eigenvalue weighted by molar-refractivity contribution is 0.0368. The van der Waals surface area contributed by atoms with Crippen LogP contribution in [0.25, 0.3) is 10.2 Å². The molecular weight excluding hydrogens is 438 g/mol. The smallest absolute Gasteiger partial charge is 0.263 e. The maximum absolute atomic E-state index is 13.4. The number of hydrogen-bond acceptors (Lipinski definition) is 6. The highest BCUT2D eigenvalue weighted by Crippen LogP contribution is 2.29. The third-order valence-corrected chi connectivity index (χ3v) is 7.90. The fourth-order valence-corrected chi connectivity index (χ4v) is 5.80. The van der Waals surface area contributed by atoms with Gasteiger partial charge in [0.05, 0.1) is 18.6 Å². The minimum Gasteiger partial charge on any atom is -0.379 e. The maximum atomic E-state index is 13.4. The summed E-state index contributed by atoms with van der Waals surface area (Å²) in [6.07, 6.45) is 0.920. The molecule has 0 unspecified atom stereocenters. The Bertz CT molecular complexity index is 1070. The highest BCUT2D eigenvalue weighted by atomic mass is 35.5. The van der Waals surface area contributed by atoms with Crippen LogP contribution < -0.4 is 5.56 Å². The zero-order chi connectivity index (χ0) is 21.1. The predicted molar refractivity (Wildman–Crippen MR) is 126 cm³/mol.